The van der Waals surface area contributed by atoms with Gasteiger partial charge in [-0.3, -0.25) is 4.57 Å². The molecule has 2 aromatic carbocycles. The van der Waals surface area contributed by atoms with Crippen molar-refractivity contribution >= 4 is 29.1 Å². The lowest BCUT2D eigenvalue weighted by Gasteiger charge is -2.18. The van der Waals surface area contributed by atoms with Gasteiger partial charge in [-0.05, 0) is 47.9 Å². The highest BCUT2D eigenvalue weighted by Gasteiger charge is 2.17. The first-order valence-corrected chi connectivity index (χ1v) is 9.63. The number of anilines is 1. The molecule has 0 fully saturated rings. The van der Waals surface area contributed by atoms with Crippen LogP contribution in [0.25, 0.3) is 0 Å². The zero-order valence-electron chi connectivity index (χ0n) is 12.3. The average molecular weight is 368 g/mol. The van der Waals surface area contributed by atoms with Crippen LogP contribution in [0.4, 0.5) is 5.69 Å². The van der Waals surface area contributed by atoms with Crippen LogP contribution < -0.4 is 9.61 Å². The van der Waals surface area contributed by atoms with Gasteiger partial charge in [0.1, 0.15) is 5.75 Å². The maximum Gasteiger partial charge on any atom is 0.338 e. The van der Waals surface area contributed by atoms with Crippen molar-refractivity contribution < 1.29 is 9.09 Å². The van der Waals surface area contributed by atoms with Gasteiger partial charge < -0.3 is 9.61 Å². The Hall–Kier alpha value is -1.25. The Morgan fingerprint density at radius 2 is 1.62 bits per heavy atom. The Bertz CT molecular complexity index is 638. The maximum absolute atomic E-state index is 12.5. The number of benzene rings is 2. The van der Waals surface area contributed by atoms with E-state index < -0.39 is 7.52 Å². The average Bonchev–Trinajstić information content (AvgIpc) is 2.41. The van der Waals surface area contributed by atoms with Crippen LogP contribution in [0.15, 0.2) is 53.0 Å². The minimum atomic E-state index is -2.96. The van der Waals surface area contributed by atoms with Crippen LogP contribution in [-0.2, 0) is 4.57 Å². The summed E-state index contributed by atoms with van der Waals surface area (Å²) in [6.07, 6.45) is 0. The van der Waals surface area contributed by atoms with Gasteiger partial charge in [0.05, 0.1) is 0 Å². The van der Waals surface area contributed by atoms with Gasteiger partial charge in [-0.1, -0.05) is 41.9 Å². The van der Waals surface area contributed by atoms with E-state index in [0.29, 0.717) is 11.7 Å². The van der Waals surface area contributed by atoms with E-state index in [4.69, 9.17) is 4.52 Å². The number of hydrogen-bond donors (Lipinski definition) is 1. The third-order valence-corrected chi connectivity index (χ3v) is 4.76. The van der Waals surface area contributed by atoms with Gasteiger partial charge in [-0.25, -0.2) is 0 Å². The molecule has 5 heteroatoms. The zero-order valence-corrected chi connectivity index (χ0v) is 14.8. The molecule has 0 aromatic heterocycles. The molecule has 21 heavy (non-hydrogen) atoms. The van der Waals surface area contributed by atoms with Crippen LogP contribution in [0.3, 0.4) is 0 Å². The molecular weight excluding hydrogens is 349 g/mol. The van der Waals surface area contributed by atoms with E-state index in [1.165, 1.54) is 5.56 Å². The van der Waals surface area contributed by atoms with Crippen molar-refractivity contribution in [3.63, 3.8) is 0 Å². The van der Waals surface area contributed by atoms with Crippen LogP contribution in [0.1, 0.15) is 25.3 Å². The molecule has 0 aliphatic rings. The highest BCUT2D eigenvalue weighted by molar-refractivity contribution is 9.10. The summed E-state index contributed by atoms with van der Waals surface area (Å²) in [5, 5.41) is 2.94. The van der Waals surface area contributed by atoms with Gasteiger partial charge in [-0.15, -0.1) is 0 Å². The highest BCUT2D eigenvalue weighted by Crippen LogP contribution is 2.43. The molecule has 0 aliphatic carbocycles. The minimum absolute atomic E-state index is 0.466. The molecule has 0 radical (unpaired) electrons. The fraction of sp³-hybridized carbons (Fsp3) is 0.250. The summed E-state index contributed by atoms with van der Waals surface area (Å²) in [6, 6.07) is 15.2. The number of rotatable bonds is 5. The van der Waals surface area contributed by atoms with E-state index in [1.807, 2.05) is 48.5 Å². The second kappa shape index (κ2) is 6.67. The standard InChI is InChI=1S/C16H19BrNO2P/c1-12(2)13-4-10-16(11-5-13)20-21(3,19)18-15-8-6-14(17)7-9-15/h4-12H,1-3H3,(H,18,19). The van der Waals surface area contributed by atoms with E-state index in [9.17, 15) is 4.57 Å². The predicted molar refractivity (Wildman–Crippen MR) is 92.5 cm³/mol. The predicted octanol–water partition coefficient (Wildman–Crippen LogP) is 5.89. The van der Waals surface area contributed by atoms with E-state index in [1.54, 1.807) is 6.66 Å². The van der Waals surface area contributed by atoms with E-state index in [-0.39, 0.29) is 0 Å². The first-order valence-electron chi connectivity index (χ1n) is 6.77. The summed E-state index contributed by atoms with van der Waals surface area (Å²) in [7, 11) is -2.96. The van der Waals surface area contributed by atoms with Crippen LogP contribution in [0, 0.1) is 0 Å². The minimum Gasteiger partial charge on any atom is -0.429 e. The summed E-state index contributed by atoms with van der Waals surface area (Å²) in [5.74, 6) is 1.07. The summed E-state index contributed by atoms with van der Waals surface area (Å²) < 4.78 is 19.1. The molecule has 112 valence electrons. The Morgan fingerprint density at radius 1 is 1.05 bits per heavy atom. The monoisotopic (exact) mass is 367 g/mol. The molecular formula is C16H19BrNO2P. The normalized spacial score (nSPS) is 13.8. The van der Waals surface area contributed by atoms with Gasteiger partial charge >= 0.3 is 7.52 Å². The van der Waals surface area contributed by atoms with Gasteiger partial charge in [0.25, 0.3) is 0 Å². The van der Waals surface area contributed by atoms with Crippen LogP contribution in [0.2, 0.25) is 0 Å². The van der Waals surface area contributed by atoms with Gasteiger partial charge in [0, 0.05) is 16.8 Å². The summed E-state index contributed by atoms with van der Waals surface area (Å²) in [4.78, 5) is 0. The smallest absolute Gasteiger partial charge is 0.338 e. The first kappa shape index (κ1) is 16.1. The molecule has 2 rings (SSSR count). The molecule has 0 spiro atoms. The molecule has 0 amide bonds. The van der Waals surface area contributed by atoms with Crippen molar-refractivity contribution in [1.82, 2.24) is 0 Å². The highest BCUT2D eigenvalue weighted by atomic mass is 79.9. The lowest BCUT2D eigenvalue weighted by molar-refractivity contribution is 0.493. The second-order valence-electron chi connectivity index (χ2n) is 5.28. The van der Waals surface area contributed by atoms with Crippen LogP contribution >= 0.6 is 23.4 Å². The maximum atomic E-state index is 12.5. The molecule has 0 aliphatic heterocycles. The van der Waals surface area contributed by atoms with Crippen molar-refractivity contribution in [2.75, 3.05) is 11.8 Å². The quantitative estimate of drug-likeness (QED) is 0.669. The number of halogens is 1. The number of hydrogen-bond acceptors (Lipinski definition) is 2. The van der Waals surface area contributed by atoms with Crippen molar-refractivity contribution in [3.8, 4) is 5.75 Å². The van der Waals surface area contributed by atoms with Gasteiger partial charge in [0.15, 0.2) is 0 Å². The second-order valence-corrected chi connectivity index (χ2v) is 8.29. The van der Waals surface area contributed by atoms with Crippen LogP contribution in [-0.4, -0.2) is 6.66 Å². The zero-order chi connectivity index (χ0) is 15.5. The topological polar surface area (TPSA) is 38.3 Å². The molecule has 1 unspecified atom stereocenters. The fourth-order valence-corrected chi connectivity index (χ4v) is 3.35. The molecule has 0 saturated heterocycles. The van der Waals surface area contributed by atoms with Crippen molar-refractivity contribution in [2.45, 2.75) is 19.8 Å². The molecule has 0 heterocycles. The van der Waals surface area contributed by atoms with Crippen LogP contribution in [0.5, 0.6) is 5.75 Å². The molecule has 1 N–H and O–H groups in total. The molecule has 0 saturated carbocycles. The summed E-state index contributed by atoms with van der Waals surface area (Å²) in [5.41, 5.74) is 2.00. The van der Waals surface area contributed by atoms with Gasteiger partial charge in [-0.2, -0.15) is 0 Å². The SMILES string of the molecule is CC(C)c1ccc(OP(C)(=O)Nc2ccc(Br)cc2)cc1. The van der Waals surface area contributed by atoms with Crippen molar-refractivity contribution in [3.05, 3.63) is 58.6 Å². The third kappa shape index (κ3) is 4.90. The molecule has 2 aromatic rings. The van der Waals surface area contributed by atoms with E-state index in [0.717, 1.165) is 10.2 Å². The Balaban J connectivity index is 2.06. The fourth-order valence-electron chi connectivity index (χ4n) is 1.90. The Labute approximate surface area is 134 Å². The molecule has 3 nitrogen and oxygen atoms in total. The van der Waals surface area contributed by atoms with Gasteiger partial charge in [0.2, 0.25) is 0 Å². The third-order valence-electron chi connectivity index (χ3n) is 3.00. The van der Waals surface area contributed by atoms with E-state index >= 15 is 0 Å². The van der Waals surface area contributed by atoms with E-state index in [2.05, 4.69) is 34.9 Å². The van der Waals surface area contributed by atoms with Crippen molar-refractivity contribution in [1.29, 1.82) is 0 Å². The molecule has 1 atom stereocenters. The largest absolute Gasteiger partial charge is 0.429 e. The first-order chi connectivity index (χ1) is 9.85. The Kier molecular flexibility index (Phi) is 5.13. The lowest BCUT2D eigenvalue weighted by Crippen LogP contribution is -2.02. The van der Waals surface area contributed by atoms with Crippen molar-refractivity contribution in [2.24, 2.45) is 0 Å². The lowest BCUT2D eigenvalue weighted by atomic mass is 10.0. The summed E-state index contributed by atoms with van der Waals surface area (Å²) >= 11 is 3.37. The summed E-state index contributed by atoms with van der Waals surface area (Å²) in [6.45, 7) is 5.84. The number of nitrogens with one attached hydrogen (secondary N) is 1. The Morgan fingerprint density at radius 3 is 2.14 bits per heavy atom. The molecule has 0 bridgehead atoms.